The standard InChI is InChI=1S/C26H24N6OS/c1-18-8-2-4-11-21(18)31-24(33)20-10-3-5-12-23(20)32-25(31)28-30(26(32)34)17-29-15-7-13-22(29)19-9-6-14-27-16-19/h2-6,8-12,14,16,22H,7,13,15,17H2,1H3. The van der Waals surface area contributed by atoms with E-state index in [9.17, 15) is 4.79 Å². The number of hydrogen-bond acceptors (Lipinski definition) is 5. The van der Waals surface area contributed by atoms with Gasteiger partial charge in [-0.25, -0.2) is 9.25 Å². The third kappa shape index (κ3) is 3.29. The van der Waals surface area contributed by atoms with Gasteiger partial charge in [0, 0.05) is 25.0 Å². The molecule has 2 aromatic carbocycles. The van der Waals surface area contributed by atoms with Gasteiger partial charge in [-0.3, -0.25) is 19.1 Å². The van der Waals surface area contributed by atoms with Gasteiger partial charge in [0.05, 0.1) is 23.3 Å². The van der Waals surface area contributed by atoms with Gasteiger partial charge in [-0.2, -0.15) is 0 Å². The van der Waals surface area contributed by atoms with Crippen molar-refractivity contribution < 1.29 is 0 Å². The molecule has 1 aliphatic rings. The number of hydrogen-bond donors (Lipinski definition) is 0. The van der Waals surface area contributed by atoms with E-state index in [0.717, 1.165) is 36.2 Å². The Kier molecular flexibility index (Phi) is 5.12. The third-order valence-electron chi connectivity index (χ3n) is 6.71. The number of para-hydroxylation sites is 2. The number of benzene rings is 2. The molecule has 1 saturated heterocycles. The highest BCUT2D eigenvalue weighted by Gasteiger charge is 2.27. The van der Waals surface area contributed by atoms with Gasteiger partial charge in [-0.05, 0) is 67.4 Å². The second-order valence-electron chi connectivity index (χ2n) is 8.76. The van der Waals surface area contributed by atoms with Crippen LogP contribution in [0.15, 0.2) is 77.9 Å². The van der Waals surface area contributed by atoms with Crippen LogP contribution in [0.25, 0.3) is 22.4 Å². The molecule has 0 aliphatic carbocycles. The van der Waals surface area contributed by atoms with Gasteiger partial charge < -0.3 is 0 Å². The fraction of sp³-hybridized carbons (Fsp3) is 0.231. The molecule has 8 heteroatoms. The summed E-state index contributed by atoms with van der Waals surface area (Å²) in [6.45, 7) is 3.51. The zero-order valence-corrected chi connectivity index (χ0v) is 19.7. The molecule has 6 rings (SSSR count). The fourth-order valence-corrected chi connectivity index (χ4v) is 5.33. The highest BCUT2D eigenvalue weighted by Crippen LogP contribution is 2.32. The van der Waals surface area contributed by atoms with Crippen molar-refractivity contribution in [2.45, 2.75) is 32.5 Å². The molecule has 1 fully saturated rings. The van der Waals surface area contributed by atoms with Crippen molar-refractivity contribution >= 4 is 28.9 Å². The summed E-state index contributed by atoms with van der Waals surface area (Å²) in [7, 11) is 0. The second kappa shape index (κ2) is 8.30. The minimum absolute atomic E-state index is 0.0982. The van der Waals surface area contributed by atoms with Crippen molar-refractivity contribution in [1.29, 1.82) is 0 Å². The van der Waals surface area contributed by atoms with E-state index in [2.05, 4.69) is 16.0 Å². The maximum atomic E-state index is 13.6. The Labute approximate surface area is 201 Å². The molecule has 0 radical (unpaired) electrons. The molecule has 4 heterocycles. The van der Waals surface area contributed by atoms with Crippen molar-refractivity contribution in [2.75, 3.05) is 6.54 Å². The molecular formula is C26H24N6OS. The summed E-state index contributed by atoms with van der Waals surface area (Å²) in [6.07, 6.45) is 5.92. The number of likely N-dealkylation sites (tertiary alicyclic amines) is 1. The second-order valence-corrected chi connectivity index (χ2v) is 9.13. The summed E-state index contributed by atoms with van der Waals surface area (Å²) in [6, 6.07) is 19.8. The van der Waals surface area contributed by atoms with Crippen LogP contribution in [0.5, 0.6) is 0 Å². The Bertz CT molecular complexity index is 1630. The fourth-order valence-electron chi connectivity index (χ4n) is 5.05. The normalized spacial score (nSPS) is 16.6. The van der Waals surface area contributed by atoms with Gasteiger partial charge in [0.1, 0.15) is 0 Å². The number of nitrogens with zero attached hydrogens (tertiary/aromatic N) is 6. The van der Waals surface area contributed by atoms with E-state index in [1.165, 1.54) is 5.56 Å². The maximum Gasteiger partial charge on any atom is 0.267 e. The van der Waals surface area contributed by atoms with Crippen molar-refractivity contribution in [3.8, 4) is 5.69 Å². The van der Waals surface area contributed by atoms with Crippen LogP contribution in [0.4, 0.5) is 0 Å². The maximum absolute atomic E-state index is 13.6. The summed E-state index contributed by atoms with van der Waals surface area (Å²) in [4.78, 5) is 20.3. The van der Waals surface area contributed by atoms with Gasteiger partial charge >= 0.3 is 0 Å². The summed E-state index contributed by atoms with van der Waals surface area (Å²) in [5.41, 5.74) is 3.69. The molecule has 34 heavy (non-hydrogen) atoms. The largest absolute Gasteiger partial charge is 0.277 e. The van der Waals surface area contributed by atoms with Gasteiger partial charge in [-0.15, -0.1) is 5.10 Å². The summed E-state index contributed by atoms with van der Waals surface area (Å²) in [5, 5.41) is 5.53. The van der Waals surface area contributed by atoms with Crippen LogP contribution in [-0.2, 0) is 6.67 Å². The number of fused-ring (bicyclic) bond motifs is 3. The number of pyridine rings is 1. The molecule has 1 unspecified atom stereocenters. The number of aromatic nitrogens is 5. The van der Waals surface area contributed by atoms with Crippen molar-refractivity contribution in [3.63, 3.8) is 0 Å². The summed E-state index contributed by atoms with van der Waals surface area (Å²) < 4.78 is 6.03. The van der Waals surface area contributed by atoms with Crippen LogP contribution in [0.2, 0.25) is 0 Å². The van der Waals surface area contributed by atoms with Crippen molar-refractivity contribution in [1.82, 2.24) is 28.6 Å². The number of aryl methyl sites for hydroxylation is 1. The molecule has 0 bridgehead atoms. The SMILES string of the molecule is Cc1ccccc1-n1c(=O)c2ccccc2n2c(=S)n(CN3CCCC3c3cccnc3)nc12. The molecule has 0 amide bonds. The molecule has 5 aromatic rings. The van der Waals surface area contributed by atoms with Crippen molar-refractivity contribution in [2.24, 2.45) is 0 Å². The van der Waals surface area contributed by atoms with Crippen LogP contribution < -0.4 is 5.56 Å². The molecule has 1 atom stereocenters. The average molecular weight is 469 g/mol. The summed E-state index contributed by atoms with van der Waals surface area (Å²) in [5.74, 6) is 0.528. The van der Waals surface area contributed by atoms with E-state index < -0.39 is 0 Å². The van der Waals surface area contributed by atoms with Crippen LogP contribution in [0.1, 0.15) is 30.0 Å². The zero-order chi connectivity index (χ0) is 23.2. The quantitative estimate of drug-likeness (QED) is 0.359. The van der Waals surface area contributed by atoms with Crippen LogP contribution >= 0.6 is 12.2 Å². The van der Waals surface area contributed by atoms with Gasteiger partial charge in [0.15, 0.2) is 0 Å². The molecule has 0 N–H and O–H groups in total. The van der Waals surface area contributed by atoms with E-state index in [1.54, 1.807) is 10.8 Å². The van der Waals surface area contributed by atoms with E-state index in [4.69, 9.17) is 17.3 Å². The lowest BCUT2D eigenvalue weighted by Gasteiger charge is -2.24. The Morgan fingerprint density at radius 3 is 2.71 bits per heavy atom. The Morgan fingerprint density at radius 2 is 1.88 bits per heavy atom. The van der Waals surface area contributed by atoms with E-state index >= 15 is 0 Å². The minimum atomic E-state index is -0.0982. The first-order valence-electron chi connectivity index (χ1n) is 11.5. The third-order valence-corrected chi connectivity index (χ3v) is 7.10. The van der Waals surface area contributed by atoms with Crippen LogP contribution in [-0.4, -0.2) is 35.2 Å². The minimum Gasteiger partial charge on any atom is -0.277 e. The van der Waals surface area contributed by atoms with Gasteiger partial charge in [0.25, 0.3) is 5.56 Å². The first kappa shape index (κ1) is 20.9. The Balaban J connectivity index is 1.56. The predicted octanol–water partition coefficient (Wildman–Crippen LogP) is 4.67. The Hall–Kier alpha value is -3.62. The first-order chi connectivity index (χ1) is 16.6. The molecular weight excluding hydrogens is 444 g/mol. The highest BCUT2D eigenvalue weighted by molar-refractivity contribution is 7.71. The van der Waals surface area contributed by atoms with E-state index in [1.807, 2.05) is 76.8 Å². The molecule has 3 aromatic heterocycles. The zero-order valence-electron chi connectivity index (χ0n) is 18.8. The van der Waals surface area contributed by atoms with Crippen LogP contribution in [0.3, 0.4) is 0 Å². The molecule has 1 aliphatic heterocycles. The molecule has 7 nitrogen and oxygen atoms in total. The van der Waals surface area contributed by atoms with E-state index in [-0.39, 0.29) is 11.6 Å². The Morgan fingerprint density at radius 1 is 1.06 bits per heavy atom. The van der Waals surface area contributed by atoms with Crippen molar-refractivity contribution in [3.05, 3.63) is 99.3 Å². The van der Waals surface area contributed by atoms with Gasteiger partial charge in [0.2, 0.25) is 10.5 Å². The molecule has 170 valence electrons. The molecule has 0 saturated carbocycles. The van der Waals surface area contributed by atoms with E-state index in [0.29, 0.717) is 22.6 Å². The predicted molar refractivity (Wildman–Crippen MR) is 135 cm³/mol. The lowest BCUT2D eigenvalue weighted by molar-refractivity contribution is 0.190. The smallest absolute Gasteiger partial charge is 0.267 e. The lowest BCUT2D eigenvalue weighted by atomic mass is 10.1. The summed E-state index contributed by atoms with van der Waals surface area (Å²) >= 11 is 5.94. The topological polar surface area (TPSA) is 60.4 Å². The average Bonchev–Trinajstić information content (AvgIpc) is 3.46. The molecule has 0 spiro atoms. The monoisotopic (exact) mass is 468 g/mol. The number of rotatable bonds is 4. The lowest BCUT2D eigenvalue weighted by Crippen LogP contribution is -2.27. The van der Waals surface area contributed by atoms with Gasteiger partial charge in [-0.1, -0.05) is 36.4 Å². The van der Waals surface area contributed by atoms with Crippen LogP contribution in [0, 0.1) is 11.7 Å². The highest BCUT2D eigenvalue weighted by atomic mass is 32.1. The first-order valence-corrected chi connectivity index (χ1v) is 11.9.